The van der Waals surface area contributed by atoms with Crippen LogP contribution in [0.15, 0.2) is 66.7 Å². The topological polar surface area (TPSA) is 108 Å². The van der Waals surface area contributed by atoms with Crippen LogP contribution in [0.5, 0.6) is 11.5 Å². The lowest BCUT2D eigenvalue weighted by Gasteiger charge is -2.08. The Hall–Kier alpha value is -3.83. The van der Waals surface area contributed by atoms with Crippen LogP contribution in [0, 0.1) is 11.3 Å². The van der Waals surface area contributed by atoms with Gasteiger partial charge in [-0.1, -0.05) is 24.3 Å². The average Bonchev–Trinajstić information content (AvgIpc) is 3.10. The third-order valence-corrected chi connectivity index (χ3v) is 4.95. The number of rotatable bonds is 6. The van der Waals surface area contributed by atoms with Crippen molar-refractivity contribution in [3.8, 4) is 17.6 Å². The van der Waals surface area contributed by atoms with Crippen molar-refractivity contribution >= 4 is 26.7 Å². The molecule has 0 atom stereocenters. The first-order valence-corrected chi connectivity index (χ1v) is 11.0. The summed E-state index contributed by atoms with van der Waals surface area (Å²) < 4.78 is 31.1. The van der Waals surface area contributed by atoms with Gasteiger partial charge in [0.2, 0.25) is 10.0 Å². The van der Waals surface area contributed by atoms with Gasteiger partial charge in [0.15, 0.2) is 0 Å². The van der Waals surface area contributed by atoms with E-state index in [1.54, 1.807) is 30.3 Å². The highest BCUT2D eigenvalue weighted by Crippen LogP contribution is 2.27. The van der Waals surface area contributed by atoms with Gasteiger partial charge in [0.05, 0.1) is 28.5 Å². The number of nitrogens with zero attached hydrogens (tertiary/aromatic N) is 2. The van der Waals surface area contributed by atoms with Crippen LogP contribution < -0.4 is 9.46 Å². The summed E-state index contributed by atoms with van der Waals surface area (Å²) in [5.41, 5.74) is 3.26. The first-order chi connectivity index (χ1) is 14.4. The fourth-order valence-electron chi connectivity index (χ4n) is 3.10. The lowest BCUT2D eigenvalue weighted by atomic mass is 10.1. The van der Waals surface area contributed by atoms with E-state index in [-0.39, 0.29) is 0 Å². The molecule has 0 aliphatic rings. The third kappa shape index (κ3) is 4.59. The fraction of sp³-hybridized carbons (Fsp3) is 0.0909. The lowest BCUT2D eigenvalue weighted by molar-refractivity contribution is 0.481. The molecule has 150 valence electrons. The number of hydrogen-bond donors (Lipinski definition) is 2. The standard InChI is InChI=1S/C22H18N4O3S/c1-30(27,28)26-17-8-9-19-20(13-17)25-22(24-19)12-15-7-10-21(16(11-15)14-23)29-18-5-3-2-4-6-18/h2-11,13,26H,12H2,1H3,(H,24,25). The number of aromatic nitrogens is 2. The Bertz CT molecular complexity index is 1360. The molecule has 0 amide bonds. The van der Waals surface area contributed by atoms with E-state index in [4.69, 9.17) is 4.74 Å². The zero-order chi connectivity index (χ0) is 21.1. The van der Waals surface area contributed by atoms with Crippen molar-refractivity contribution in [1.29, 1.82) is 5.26 Å². The highest BCUT2D eigenvalue weighted by atomic mass is 32.2. The molecule has 4 rings (SSSR count). The van der Waals surface area contributed by atoms with E-state index in [9.17, 15) is 13.7 Å². The monoisotopic (exact) mass is 418 g/mol. The molecule has 4 aromatic rings. The van der Waals surface area contributed by atoms with Crippen molar-refractivity contribution in [2.75, 3.05) is 11.0 Å². The average molecular weight is 418 g/mol. The number of anilines is 1. The third-order valence-electron chi connectivity index (χ3n) is 4.34. The molecule has 0 saturated carbocycles. The van der Waals surface area contributed by atoms with Gasteiger partial charge < -0.3 is 9.72 Å². The van der Waals surface area contributed by atoms with Gasteiger partial charge in [-0.15, -0.1) is 0 Å². The summed E-state index contributed by atoms with van der Waals surface area (Å²) in [6, 6.07) is 22.0. The molecule has 0 spiro atoms. The van der Waals surface area contributed by atoms with Crippen LogP contribution in [0.4, 0.5) is 5.69 Å². The number of nitrogens with one attached hydrogen (secondary N) is 2. The molecule has 0 fully saturated rings. The van der Waals surface area contributed by atoms with Gasteiger partial charge in [-0.3, -0.25) is 4.72 Å². The Morgan fingerprint density at radius 2 is 1.90 bits per heavy atom. The molecular formula is C22H18N4O3S. The van der Waals surface area contributed by atoms with E-state index >= 15 is 0 Å². The summed E-state index contributed by atoms with van der Waals surface area (Å²) in [7, 11) is -3.35. The number of sulfonamides is 1. The Labute approximate surface area is 174 Å². The van der Waals surface area contributed by atoms with Gasteiger partial charge in [-0.05, 0) is 48.0 Å². The van der Waals surface area contributed by atoms with Crippen molar-refractivity contribution in [3.05, 3.63) is 83.7 Å². The predicted octanol–water partition coefficient (Wildman–Crippen LogP) is 4.19. The molecule has 0 saturated heterocycles. The van der Waals surface area contributed by atoms with Crippen molar-refractivity contribution in [3.63, 3.8) is 0 Å². The quantitative estimate of drug-likeness (QED) is 0.488. The van der Waals surface area contributed by atoms with E-state index in [1.807, 2.05) is 36.4 Å². The first-order valence-electron chi connectivity index (χ1n) is 9.12. The molecule has 1 aromatic heterocycles. The summed E-state index contributed by atoms with van der Waals surface area (Å²) in [6.45, 7) is 0. The highest BCUT2D eigenvalue weighted by Gasteiger charge is 2.10. The molecule has 7 nitrogen and oxygen atoms in total. The molecule has 0 radical (unpaired) electrons. The van der Waals surface area contributed by atoms with Gasteiger partial charge in [-0.25, -0.2) is 13.4 Å². The Morgan fingerprint density at radius 3 is 2.63 bits per heavy atom. The molecule has 0 aliphatic carbocycles. The number of benzene rings is 3. The zero-order valence-electron chi connectivity index (χ0n) is 16.1. The van der Waals surface area contributed by atoms with Crippen molar-refractivity contribution in [1.82, 2.24) is 9.97 Å². The Balaban J connectivity index is 1.56. The number of nitriles is 1. The summed E-state index contributed by atoms with van der Waals surface area (Å²) in [5, 5.41) is 9.52. The minimum absolute atomic E-state index is 0.437. The van der Waals surface area contributed by atoms with Gasteiger partial charge in [0, 0.05) is 6.42 Å². The lowest BCUT2D eigenvalue weighted by Crippen LogP contribution is -2.09. The fourth-order valence-corrected chi connectivity index (χ4v) is 3.65. The number of imidazole rings is 1. The van der Waals surface area contributed by atoms with Crippen molar-refractivity contribution in [2.45, 2.75) is 6.42 Å². The number of para-hydroxylation sites is 1. The van der Waals surface area contributed by atoms with Crippen LogP contribution in [0.1, 0.15) is 17.0 Å². The largest absolute Gasteiger partial charge is 0.456 e. The first kappa shape index (κ1) is 19.5. The Morgan fingerprint density at radius 1 is 1.10 bits per heavy atom. The van der Waals surface area contributed by atoms with E-state index in [1.165, 1.54) is 0 Å². The zero-order valence-corrected chi connectivity index (χ0v) is 16.9. The second kappa shape index (κ2) is 7.89. The van der Waals surface area contributed by atoms with Crippen LogP contribution in [0.2, 0.25) is 0 Å². The minimum Gasteiger partial charge on any atom is -0.456 e. The number of fused-ring (bicyclic) bond motifs is 1. The van der Waals surface area contributed by atoms with Crippen molar-refractivity contribution in [2.24, 2.45) is 0 Å². The van der Waals surface area contributed by atoms with Gasteiger partial charge >= 0.3 is 0 Å². The number of aromatic amines is 1. The van der Waals surface area contributed by atoms with E-state index in [0.717, 1.165) is 22.9 Å². The molecule has 30 heavy (non-hydrogen) atoms. The summed E-state index contributed by atoms with van der Waals surface area (Å²) in [4.78, 5) is 7.75. The number of H-pyrrole nitrogens is 1. The molecule has 2 N–H and O–H groups in total. The van der Waals surface area contributed by atoms with Gasteiger partial charge in [0.25, 0.3) is 0 Å². The highest BCUT2D eigenvalue weighted by molar-refractivity contribution is 7.92. The van der Waals surface area contributed by atoms with Crippen LogP contribution in [-0.4, -0.2) is 24.6 Å². The van der Waals surface area contributed by atoms with Crippen LogP contribution in [0.25, 0.3) is 11.0 Å². The van der Waals surface area contributed by atoms with Crippen LogP contribution >= 0.6 is 0 Å². The molecule has 0 aliphatic heterocycles. The SMILES string of the molecule is CS(=O)(=O)Nc1ccc2nc(Cc3ccc(Oc4ccccc4)c(C#N)c3)[nH]c2c1. The molecule has 3 aromatic carbocycles. The molecule has 8 heteroatoms. The second-order valence-electron chi connectivity index (χ2n) is 6.82. The smallest absolute Gasteiger partial charge is 0.229 e. The normalized spacial score (nSPS) is 11.2. The summed E-state index contributed by atoms with van der Waals surface area (Å²) >= 11 is 0. The number of hydrogen-bond acceptors (Lipinski definition) is 5. The van der Waals surface area contributed by atoms with E-state index in [2.05, 4.69) is 20.8 Å². The van der Waals surface area contributed by atoms with Gasteiger partial charge in [-0.2, -0.15) is 5.26 Å². The Kier molecular flexibility index (Phi) is 5.12. The second-order valence-corrected chi connectivity index (χ2v) is 8.57. The number of ether oxygens (including phenoxy) is 1. The summed E-state index contributed by atoms with van der Waals surface area (Å²) in [5.74, 6) is 1.87. The molecule has 0 unspecified atom stereocenters. The van der Waals surface area contributed by atoms with E-state index in [0.29, 0.717) is 35.0 Å². The maximum absolute atomic E-state index is 11.4. The minimum atomic E-state index is -3.35. The molecule has 0 bridgehead atoms. The van der Waals surface area contributed by atoms with E-state index < -0.39 is 10.0 Å². The molecular weight excluding hydrogens is 400 g/mol. The predicted molar refractivity (Wildman–Crippen MR) is 115 cm³/mol. The maximum atomic E-state index is 11.4. The maximum Gasteiger partial charge on any atom is 0.229 e. The van der Waals surface area contributed by atoms with Gasteiger partial charge in [0.1, 0.15) is 23.4 Å². The van der Waals surface area contributed by atoms with Crippen molar-refractivity contribution < 1.29 is 13.2 Å². The van der Waals surface area contributed by atoms with Crippen LogP contribution in [0.3, 0.4) is 0 Å². The van der Waals surface area contributed by atoms with Crippen LogP contribution in [-0.2, 0) is 16.4 Å². The molecule has 1 heterocycles. The summed E-state index contributed by atoms with van der Waals surface area (Å²) in [6.07, 6.45) is 1.59.